The normalized spacial score (nSPS) is 10.9. The van der Waals surface area contributed by atoms with Crippen LogP contribution >= 0.6 is 22.6 Å². The molecular formula is C22H16INO. The molecule has 2 nitrogen and oxygen atoms in total. The van der Waals surface area contributed by atoms with Crippen LogP contribution in [-0.2, 0) is 6.54 Å². The van der Waals surface area contributed by atoms with Gasteiger partial charge in [0.2, 0.25) is 0 Å². The zero-order chi connectivity index (χ0) is 17.2. The van der Waals surface area contributed by atoms with Gasteiger partial charge >= 0.3 is 0 Å². The molecule has 0 saturated heterocycles. The molecule has 1 heterocycles. The molecule has 0 aliphatic carbocycles. The average molecular weight is 437 g/mol. The molecule has 1 aromatic heterocycles. The second-order valence-electron chi connectivity index (χ2n) is 5.99. The van der Waals surface area contributed by atoms with E-state index in [1.54, 1.807) is 6.07 Å². The summed E-state index contributed by atoms with van der Waals surface area (Å²) in [5.74, 6) is 0. The molecule has 0 atom stereocenters. The van der Waals surface area contributed by atoms with Crippen molar-refractivity contribution < 1.29 is 0 Å². The van der Waals surface area contributed by atoms with E-state index >= 15 is 0 Å². The van der Waals surface area contributed by atoms with Crippen LogP contribution in [0.3, 0.4) is 0 Å². The van der Waals surface area contributed by atoms with Crippen molar-refractivity contribution in [1.82, 2.24) is 4.57 Å². The Hall–Kier alpha value is -2.40. The minimum absolute atomic E-state index is 0.0242. The number of aromatic nitrogens is 1. The van der Waals surface area contributed by atoms with Gasteiger partial charge in [-0.05, 0) is 57.5 Å². The van der Waals surface area contributed by atoms with Crippen LogP contribution in [-0.4, -0.2) is 4.57 Å². The highest BCUT2D eigenvalue weighted by Gasteiger charge is 2.10. The van der Waals surface area contributed by atoms with Crippen molar-refractivity contribution >= 4 is 33.5 Å². The SMILES string of the molecule is O=c1cc(-c2ccc(I)cc2)c2ccccc2n1Cc1ccccc1. The Morgan fingerprint density at radius 1 is 0.800 bits per heavy atom. The first-order valence-electron chi connectivity index (χ1n) is 8.15. The van der Waals surface area contributed by atoms with Gasteiger partial charge in [-0.15, -0.1) is 0 Å². The third-order valence-electron chi connectivity index (χ3n) is 4.36. The van der Waals surface area contributed by atoms with Gasteiger partial charge in [-0.25, -0.2) is 0 Å². The van der Waals surface area contributed by atoms with Gasteiger partial charge in [-0.2, -0.15) is 0 Å². The fourth-order valence-corrected chi connectivity index (χ4v) is 3.49. The maximum absolute atomic E-state index is 12.9. The number of hydrogen-bond acceptors (Lipinski definition) is 1. The first-order chi connectivity index (χ1) is 12.2. The topological polar surface area (TPSA) is 22.0 Å². The van der Waals surface area contributed by atoms with Crippen LogP contribution < -0.4 is 5.56 Å². The molecule has 0 aliphatic rings. The van der Waals surface area contributed by atoms with E-state index in [0.717, 1.165) is 27.6 Å². The van der Waals surface area contributed by atoms with Gasteiger partial charge in [-0.1, -0.05) is 60.7 Å². The lowest BCUT2D eigenvalue weighted by Gasteiger charge is -2.14. The zero-order valence-corrected chi connectivity index (χ0v) is 15.7. The smallest absolute Gasteiger partial charge is 0.251 e. The average Bonchev–Trinajstić information content (AvgIpc) is 2.65. The molecule has 4 rings (SSSR count). The summed E-state index contributed by atoms with van der Waals surface area (Å²) in [5, 5.41) is 1.10. The van der Waals surface area contributed by atoms with E-state index in [1.165, 1.54) is 3.57 Å². The van der Waals surface area contributed by atoms with Crippen molar-refractivity contribution in [2.75, 3.05) is 0 Å². The van der Waals surface area contributed by atoms with E-state index in [1.807, 2.05) is 53.1 Å². The monoisotopic (exact) mass is 437 g/mol. The lowest BCUT2D eigenvalue weighted by Crippen LogP contribution is -2.20. The maximum Gasteiger partial charge on any atom is 0.251 e. The highest BCUT2D eigenvalue weighted by molar-refractivity contribution is 14.1. The lowest BCUT2D eigenvalue weighted by atomic mass is 10.0. The fraction of sp³-hybridized carbons (Fsp3) is 0.0455. The highest BCUT2D eigenvalue weighted by Crippen LogP contribution is 2.28. The van der Waals surface area contributed by atoms with Gasteiger partial charge in [0.1, 0.15) is 0 Å². The minimum Gasteiger partial charge on any atom is -0.304 e. The third kappa shape index (κ3) is 3.24. The molecule has 0 spiro atoms. The summed E-state index contributed by atoms with van der Waals surface area (Å²) < 4.78 is 3.03. The van der Waals surface area contributed by atoms with E-state index < -0.39 is 0 Å². The number of para-hydroxylation sites is 1. The quantitative estimate of drug-likeness (QED) is 0.398. The molecule has 3 aromatic carbocycles. The number of fused-ring (bicyclic) bond motifs is 1. The molecule has 0 aliphatic heterocycles. The van der Waals surface area contributed by atoms with Gasteiger partial charge in [0.05, 0.1) is 12.1 Å². The summed E-state index contributed by atoms with van der Waals surface area (Å²) in [7, 11) is 0. The van der Waals surface area contributed by atoms with Gasteiger partial charge < -0.3 is 4.57 Å². The van der Waals surface area contributed by atoms with Crippen molar-refractivity contribution in [2.45, 2.75) is 6.54 Å². The Balaban J connectivity index is 1.92. The number of halogens is 1. The van der Waals surface area contributed by atoms with Crippen LogP contribution in [0.5, 0.6) is 0 Å². The van der Waals surface area contributed by atoms with E-state index in [2.05, 4.69) is 52.9 Å². The molecule has 0 radical (unpaired) electrons. The molecule has 0 N–H and O–H groups in total. The van der Waals surface area contributed by atoms with E-state index in [-0.39, 0.29) is 5.56 Å². The van der Waals surface area contributed by atoms with Gasteiger partial charge in [0, 0.05) is 15.0 Å². The van der Waals surface area contributed by atoms with Crippen LogP contribution in [0.15, 0.2) is 89.7 Å². The lowest BCUT2D eigenvalue weighted by molar-refractivity contribution is 0.795. The van der Waals surface area contributed by atoms with Gasteiger partial charge in [0.25, 0.3) is 5.56 Å². The molecule has 3 heteroatoms. The number of nitrogens with zero attached hydrogens (tertiary/aromatic N) is 1. The van der Waals surface area contributed by atoms with E-state index in [0.29, 0.717) is 6.54 Å². The Labute approximate surface area is 159 Å². The van der Waals surface area contributed by atoms with Crippen molar-refractivity contribution in [3.63, 3.8) is 0 Å². The third-order valence-corrected chi connectivity index (χ3v) is 5.08. The van der Waals surface area contributed by atoms with Crippen LogP contribution in [0.1, 0.15) is 5.56 Å². The van der Waals surface area contributed by atoms with Crippen molar-refractivity contribution in [3.8, 4) is 11.1 Å². The Morgan fingerprint density at radius 3 is 2.24 bits per heavy atom. The summed E-state index contributed by atoms with van der Waals surface area (Å²) >= 11 is 2.29. The summed E-state index contributed by atoms with van der Waals surface area (Å²) in [6.07, 6.45) is 0. The molecule has 122 valence electrons. The first kappa shape index (κ1) is 16.1. The van der Waals surface area contributed by atoms with Crippen LogP contribution in [0.2, 0.25) is 0 Å². The molecular weight excluding hydrogens is 421 g/mol. The zero-order valence-electron chi connectivity index (χ0n) is 13.5. The summed E-state index contributed by atoms with van der Waals surface area (Å²) in [5.41, 5.74) is 4.17. The van der Waals surface area contributed by atoms with Crippen molar-refractivity contribution in [1.29, 1.82) is 0 Å². The van der Waals surface area contributed by atoms with E-state index in [4.69, 9.17) is 0 Å². The second-order valence-corrected chi connectivity index (χ2v) is 7.24. The molecule has 0 saturated carbocycles. The number of benzene rings is 3. The maximum atomic E-state index is 12.9. The first-order valence-corrected chi connectivity index (χ1v) is 9.23. The standard InChI is InChI=1S/C22H16INO/c23-18-12-10-17(11-13-18)20-14-22(25)24(15-16-6-2-1-3-7-16)21-9-5-4-8-19(20)21/h1-14H,15H2. The Morgan fingerprint density at radius 2 is 1.48 bits per heavy atom. The molecule has 25 heavy (non-hydrogen) atoms. The number of pyridine rings is 1. The van der Waals surface area contributed by atoms with Crippen molar-refractivity contribution in [2.24, 2.45) is 0 Å². The predicted molar refractivity (Wildman–Crippen MR) is 112 cm³/mol. The Bertz CT molecular complexity index is 1080. The molecule has 0 amide bonds. The summed E-state index contributed by atoms with van der Waals surface area (Å²) in [4.78, 5) is 12.9. The largest absolute Gasteiger partial charge is 0.304 e. The minimum atomic E-state index is 0.0242. The van der Waals surface area contributed by atoms with Gasteiger partial charge in [-0.3, -0.25) is 4.79 Å². The molecule has 4 aromatic rings. The summed E-state index contributed by atoms with van der Waals surface area (Å²) in [6, 6.07) is 28.3. The predicted octanol–water partition coefficient (Wildman–Crippen LogP) is 5.32. The second kappa shape index (κ2) is 6.84. The highest BCUT2D eigenvalue weighted by atomic mass is 127. The van der Waals surface area contributed by atoms with Crippen LogP contribution in [0.25, 0.3) is 22.0 Å². The Kier molecular flexibility index (Phi) is 4.40. The van der Waals surface area contributed by atoms with E-state index in [9.17, 15) is 4.79 Å². The summed E-state index contributed by atoms with van der Waals surface area (Å²) in [6.45, 7) is 0.577. The van der Waals surface area contributed by atoms with Gasteiger partial charge in [0.15, 0.2) is 0 Å². The molecule has 0 fully saturated rings. The fourth-order valence-electron chi connectivity index (χ4n) is 3.13. The molecule has 0 bridgehead atoms. The van der Waals surface area contributed by atoms with Crippen LogP contribution in [0, 0.1) is 3.57 Å². The molecule has 0 unspecified atom stereocenters. The van der Waals surface area contributed by atoms with Crippen LogP contribution in [0.4, 0.5) is 0 Å². The number of hydrogen-bond donors (Lipinski definition) is 0. The number of rotatable bonds is 3. The van der Waals surface area contributed by atoms with Crippen molar-refractivity contribution in [3.05, 3.63) is 104 Å².